The molecule has 2 aromatic rings. The number of carbonyl (C=O) groups excluding carboxylic acids is 1. The van der Waals surface area contributed by atoms with Crippen molar-refractivity contribution in [1.82, 2.24) is 9.80 Å². The third kappa shape index (κ3) is 5.07. The van der Waals surface area contributed by atoms with Crippen molar-refractivity contribution in [2.24, 2.45) is 0 Å². The van der Waals surface area contributed by atoms with Crippen LogP contribution in [-0.2, 0) is 17.8 Å². The van der Waals surface area contributed by atoms with Gasteiger partial charge in [-0.2, -0.15) is 0 Å². The molecule has 0 N–H and O–H groups in total. The number of hydrogen-bond donors (Lipinski definition) is 0. The molecule has 1 saturated heterocycles. The molecule has 1 heterocycles. The van der Waals surface area contributed by atoms with E-state index in [1.165, 1.54) is 5.56 Å². The lowest BCUT2D eigenvalue weighted by atomic mass is 10.1. The molecule has 0 atom stereocenters. The Kier molecular flexibility index (Phi) is 6.07. The number of carbonyl (C=O) groups is 1. The van der Waals surface area contributed by atoms with Crippen molar-refractivity contribution in [1.29, 1.82) is 0 Å². The summed E-state index contributed by atoms with van der Waals surface area (Å²) in [7, 11) is 1.67. The summed E-state index contributed by atoms with van der Waals surface area (Å²) in [6.45, 7) is 4.50. The standard InChI is InChI=1S/C21H26N2O2/c1-25-20-9-5-8-18(16-20)10-11-21(24)23-14-12-22(13-15-23)17-19-6-3-2-4-7-19/h2-9,16H,10-15,17H2,1H3. The van der Waals surface area contributed by atoms with Crippen LogP contribution in [0.25, 0.3) is 0 Å². The first kappa shape index (κ1) is 17.5. The molecule has 0 aromatic heterocycles. The van der Waals surface area contributed by atoms with Gasteiger partial charge in [0.15, 0.2) is 0 Å². The zero-order valence-electron chi connectivity index (χ0n) is 14.9. The van der Waals surface area contributed by atoms with E-state index in [2.05, 4.69) is 29.2 Å². The number of nitrogens with zero attached hydrogens (tertiary/aromatic N) is 2. The number of amides is 1. The Balaban J connectivity index is 1.43. The summed E-state index contributed by atoms with van der Waals surface area (Å²) >= 11 is 0. The largest absolute Gasteiger partial charge is 0.497 e. The van der Waals surface area contributed by atoms with Gasteiger partial charge in [0.1, 0.15) is 5.75 Å². The van der Waals surface area contributed by atoms with Gasteiger partial charge in [0.2, 0.25) is 5.91 Å². The van der Waals surface area contributed by atoms with Gasteiger partial charge in [-0.1, -0.05) is 42.5 Å². The molecule has 0 unspecified atom stereocenters. The Morgan fingerprint density at radius 3 is 2.40 bits per heavy atom. The fourth-order valence-electron chi connectivity index (χ4n) is 3.23. The van der Waals surface area contributed by atoms with Crippen molar-refractivity contribution >= 4 is 5.91 Å². The van der Waals surface area contributed by atoms with E-state index in [1.54, 1.807) is 7.11 Å². The molecular weight excluding hydrogens is 312 g/mol. The van der Waals surface area contributed by atoms with E-state index in [9.17, 15) is 4.79 Å². The molecule has 0 radical (unpaired) electrons. The van der Waals surface area contributed by atoms with Crippen molar-refractivity contribution in [2.75, 3.05) is 33.3 Å². The highest BCUT2D eigenvalue weighted by Gasteiger charge is 2.20. The number of hydrogen-bond acceptors (Lipinski definition) is 3. The van der Waals surface area contributed by atoms with Gasteiger partial charge in [-0.3, -0.25) is 9.69 Å². The Labute approximate surface area is 150 Å². The van der Waals surface area contributed by atoms with E-state index >= 15 is 0 Å². The summed E-state index contributed by atoms with van der Waals surface area (Å²) in [6, 6.07) is 18.5. The maximum atomic E-state index is 12.5. The molecule has 1 aliphatic rings. The van der Waals surface area contributed by atoms with Crippen molar-refractivity contribution in [3.05, 3.63) is 65.7 Å². The monoisotopic (exact) mass is 338 g/mol. The summed E-state index contributed by atoms with van der Waals surface area (Å²) in [5.74, 6) is 1.10. The topological polar surface area (TPSA) is 32.8 Å². The Bertz CT molecular complexity index is 679. The van der Waals surface area contributed by atoms with Gasteiger partial charge in [0, 0.05) is 39.1 Å². The average molecular weight is 338 g/mol. The van der Waals surface area contributed by atoms with Crippen LogP contribution in [0.1, 0.15) is 17.5 Å². The molecule has 0 saturated carbocycles. The molecule has 1 amide bonds. The highest BCUT2D eigenvalue weighted by Crippen LogP contribution is 2.15. The quantitative estimate of drug-likeness (QED) is 0.812. The van der Waals surface area contributed by atoms with Crippen LogP contribution in [0.3, 0.4) is 0 Å². The molecule has 3 rings (SSSR count). The summed E-state index contributed by atoms with van der Waals surface area (Å²) in [5.41, 5.74) is 2.48. The second-order valence-electron chi connectivity index (χ2n) is 6.49. The second-order valence-corrected chi connectivity index (χ2v) is 6.49. The first-order valence-corrected chi connectivity index (χ1v) is 8.91. The second kappa shape index (κ2) is 8.67. The Morgan fingerprint density at radius 1 is 0.960 bits per heavy atom. The Morgan fingerprint density at radius 2 is 1.68 bits per heavy atom. The Hall–Kier alpha value is -2.33. The maximum Gasteiger partial charge on any atom is 0.222 e. The average Bonchev–Trinajstić information content (AvgIpc) is 2.67. The number of benzene rings is 2. The third-order valence-corrected chi connectivity index (χ3v) is 4.74. The fourth-order valence-corrected chi connectivity index (χ4v) is 3.23. The van der Waals surface area contributed by atoms with E-state index in [1.807, 2.05) is 35.2 Å². The minimum Gasteiger partial charge on any atom is -0.497 e. The highest BCUT2D eigenvalue weighted by atomic mass is 16.5. The van der Waals surface area contributed by atoms with Gasteiger partial charge in [0.25, 0.3) is 0 Å². The summed E-state index contributed by atoms with van der Waals surface area (Å²) < 4.78 is 5.24. The zero-order chi connectivity index (χ0) is 17.5. The first-order chi connectivity index (χ1) is 12.2. The molecule has 1 aliphatic heterocycles. The van der Waals surface area contributed by atoms with Crippen LogP contribution in [0.4, 0.5) is 0 Å². The van der Waals surface area contributed by atoms with Crippen molar-refractivity contribution in [3.8, 4) is 5.75 Å². The van der Waals surface area contributed by atoms with Crippen LogP contribution >= 0.6 is 0 Å². The molecule has 4 heteroatoms. The lowest BCUT2D eigenvalue weighted by Crippen LogP contribution is -2.48. The van der Waals surface area contributed by atoms with E-state index in [4.69, 9.17) is 4.74 Å². The zero-order valence-corrected chi connectivity index (χ0v) is 14.9. The molecule has 25 heavy (non-hydrogen) atoms. The van der Waals surface area contributed by atoms with Crippen LogP contribution < -0.4 is 4.74 Å². The highest BCUT2D eigenvalue weighted by molar-refractivity contribution is 5.76. The van der Waals surface area contributed by atoms with Crippen LogP contribution in [0.5, 0.6) is 5.75 Å². The molecule has 0 bridgehead atoms. The van der Waals surface area contributed by atoms with E-state index in [0.29, 0.717) is 6.42 Å². The normalized spacial score (nSPS) is 15.2. The molecule has 4 nitrogen and oxygen atoms in total. The minimum absolute atomic E-state index is 0.252. The van der Waals surface area contributed by atoms with Crippen LogP contribution in [0, 0.1) is 0 Å². The van der Waals surface area contributed by atoms with Crippen molar-refractivity contribution in [2.45, 2.75) is 19.4 Å². The fraction of sp³-hybridized carbons (Fsp3) is 0.381. The molecule has 132 valence electrons. The van der Waals surface area contributed by atoms with Crippen molar-refractivity contribution in [3.63, 3.8) is 0 Å². The third-order valence-electron chi connectivity index (χ3n) is 4.74. The molecular formula is C21H26N2O2. The minimum atomic E-state index is 0.252. The molecule has 0 spiro atoms. The van der Waals surface area contributed by atoms with Gasteiger partial charge in [-0.25, -0.2) is 0 Å². The van der Waals surface area contributed by atoms with Crippen LogP contribution in [0.2, 0.25) is 0 Å². The summed E-state index contributed by atoms with van der Waals surface area (Å²) in [6.07, 6.45) is 1.33. The van der Waals surface area contributed by atoms with Crippen LogP contribution in [-0.4, -0.2) is 49.0 Å². The molecule has 0 aliphatic carbocycles. The van der Waals surface area contributed by atoms with Gasteiger partial charge in [-0.15, -0.1) is 0 Å². The number of ether oxygens (including phenoxy) is 1. The molecule has 2 aromatic carbocycles. The summed E-state index contributed by atoms with van der Waals surface area (Å²) in [4.78, 5) is 16.9. The van der Waals surface area contributed by atoms with Gasteiger partial charge >= 0.3 is 0 Å². The van der Waals surface area contributed by atoms with Crippen molar-refractivity contribution < 1.29 is 9.53 Å². The van der Waals surface area contributed by atoms with Gasteiger partial charge in [-0.05, 0) is 29.7 Å². The number of methoxy groups -OCH3 is 1. The summed E-state index contributed by atoms with van der Waals surface area (Å²) in [5, 5.41) is 0. The SMILES string of the molecule is COc1cccc(CCC(=O)N2CCN(Cc3ccccc3)CC2)c1. The van der Waals surface area contributed by atoms with E-state index in [-0.39, 0.29) is 5.91 Å². The lowest BCUT2D eigenvalue weighted by molar-refractivity contribution is -0.133. The van der Waals surface area contributed by atoms with E-state index < -0.39 is 0 Å². The number of rotatable bonds is 6. The predicted octanol–water partition coefficient (Wildman–Crippen LogP) is 2.97. The molecule has 1 fully saturated rings. The predicted molar refractivity (Wildman–Crippen MR) is 99.6 cm³/mol. The van der Waals surface area contributed by atoms with Crippen LogP contribution in [0.15, 0.2) is 54.6 Å². The first-order valence-electron chi connectivity index (χ1n) is 8.91. The smallest absolute Gasteiger partial charge is 0.222 e. The number of aryl methyl sites for hydroxylation is 1. The lowest BCUT2D eigenvalue weighted by Gasteiger charge is -2.34. The van der Waals surface area contributed by atoms with Gasteiger partial charge in [0.05, 0.1) is 7.11 Å². The van der Waals surface area contributed by atoms with Gasteiger partial charge < -0.3 is 9.64 Å². The number of piperazine rings is 1. The van der Waals surface area contributed by atoms with E-state index in [0.717, 1.165) is 50.5 Å². The maximum absolute atomic E-state index is 12.5.